The summed E-state index contributed by atoms with van der Waals surface area (Å²) in [5, 5.41) is 0. The van der Waals surface area contributed by atoms with Crippen molar-refractivity contribution in [2.24, 2.45) is 16.6 Å². The van der Waals surface area contributed by atoms with Crippen LogP contribution in [-0.2, 0) is 0 Å². The predicted octanol–water partition coefficient (Wildman–Crippen LogP) is 1.30. The van der Waals surface area contributed by atoms with Crippen molar-refractivity contribution in [1.29, 1.82) is 0 Å². The van der Waals surface area contributed by atoms with Gasteiger partial charge in [0.15, 0.2) is 5.96 Å². The van der Waals surface area contributed by atoms with Crippen molar-refractivity contribution in [2.75, 3.05) is 20.1 Å². The van der Waals surface area contributed by atoms with Crippen molar-refractivity contribution in [3.05, 3.63) is 0 Å². The van der Waals surface area contributed by atoms with Gasteiger partial charge >= 0.3 is 0 Å². The lowest BCUT2D eigenvalue weighted by Crippen LogP contribution is -2.36. The van der Waals surface area contributed by atoms with E-state index in [1.807, 2.05) is 11.9 Å². The van der Waals surface area contributed by atoms with E-state index in [0.29, 0.717) is 11.9 Å². The molecule has 0 aliphatic carbocycles. The van der Waals surface area contributed by atoms with E-state index in [0.717, 1.165) is 19.5 Å². The maximum atomic E-state index is 5.73. The van der Waals surface area contributed by atoms with Gasteiger partial charge in [-0.2, -0.15) is 0 Å². The highest BCUT2D eigenvalue weighted by Gasteiger charge is 2.02. The Labute approximate surface area is 75.7 Å². The smallest absolute Gasteiger partial charge is 0.190 e. The molecule has 3 heteroatoms. The summed E-state index contributed by atoms with van der Waals surface area (Å²) in [6, 6.07) is 0. The fraction of sp³-hybridized carbons (Fsp3) is 0.889. The van der Waals surface area contributed by atoms with Gasteiger partial charge in [0.1, 0.15) is 0 Å². The molecule has 3 nitrogen and oxygen atoms in total. The predicted molar refractivity (Wildman–Crippen MR) is 54.2 cm³/mol. The van der Waals surface area contributed by atoms with E-state index >= 15 is 0 Å². The van der Waals surface area contributed by atoms with E-state index in [1.54, 1.807) is 0 Å². The standard InChI is InChI=1S/C9H21N3/c1-5-6-11-9(10)12(4)7-8(2)3/h8H,5-7H2,1-4H3,(H2,10,11). The van der Waals surface area contributed by atoms with E-state index in [4.69, 9.17) is 5.73 Å². The molecule has 72 valence electrons. The molecule has 0 bridgehead atoms. The molecule has 0 radical (unpaired) electrons. The molecule has 0 spiro atoms. The van der Waals surface area contributed by atoms with Gasteiger partial charge in [-0.25, -0.2) is 0 Å². The average Bonchev–Trinajstić information content (AvgIpc) is 1.98. The summed E-state index contributed by atoms with van der Waals surface area (Å²) in [7, 11) is 1.98. The molecule has 0 aromatic heterocycles. The summed E-state index contributed by atoms with van der Waals surface area (Å²) in [6.45, 7) is 8.24. The second-order valence-corrected chi connectivity index (χ2v) is 3.51. The van der Waals surface area contributed by atoms with Crippen LogP contribution in [0, 0.1) is 5.92 Å². The Morgan fingerprint density at radius 1 is 1.50 bits per heavy atom. The van der Waals surface area contributed by atoms with E-state index in [9.17, 15) is 0 Å². The van der Waals surface area contributed by atoms with Gasteiger partial charge in [0, 0.05) is 20.1 Å². The molecule has 0 aliphatic heterocycles. The number of nitrogens with zero attached hydrogens (tertiary/aromatic N) is 2. The molecule has 0 saturated heterocycles. The Kier molecular flexibility index (Phi) is 5.51. The van der Waals surface area contributed by atoms with Crippen LogP contribution in [0.1, 0.15) is 27.2 Å². The summed E-state index contributed by atoms with van der Waals surface area (Å²) < 4.78 is 0. The summed E-state index contributed by atoms with van der Waals surface area (Å²) in [5.41, 5.74) is 5.73. The van der Waals surface area contributed by atoms with Gasteiger partial charge in [0.2, 0.25) is 0 Å². The van der Waals surface area contributed by atoms with Gasteiger partial charge in [0.05, 0.1) is 0 Å². The Bertz CT molecular complexity index is 141. The number of rotatable bonds is 4. The van der Waals surface area contributed by atoms with Crippen molar-refractivity contribution in [3.63, 3.8) is 0 Å². The molecular formula is C9H21N3. The monoisotopic (exact) mass is 171 g/mol. The van der Waals surface area contributed by atoms with Crippen molar-refractivity contribution in [1.82, 2.24) is 4.90 Å². The van der Waals surface area contributed by atoms with Gasteiger partial charge in [0.25, 0.3) is 0 Å². The highest BCUT2D eigenvalue weighted by atomic mass is 15.2. The fourth-order valence-electron chi connectivity index (χ4n) is 0.988. The maximum Gasteiger partial charge on any atom is 0.190 e. The number of aliphatic imine (C=N–C) groups is 1. The number of hydrogen-bond acceptors (Lipinski definition) is 1. The Hall–Kier alpha value is -0.730. The normalized spacial score (nSPS) is 12.2. The lowest BCUT2D eigenvalue weighted by Gasteiger charge is -2.19. The van der Waals surface area contributed by atoms with Crippen LogP contribution < -0.4 is 5.73 Å². The second-order valence-electron chi connectivity index (χ2n) is 3.51. The summed E-state index contributed by atoms with van der Waals surface area (Å²) in [5.74, 6) is 1.29. The molecule has 0 atom stereocenters. The first kappa shape index (κ1) is 11.3. The zero-order valence-electron chi connectivity index (χ0n) is 8.67. The highest BCUT2D eigenvalue weighted by molar-refractivity contribution is 5.77. The molecule has 0 heterocycles. The maximum absolute atomic E-state index is 5.73. The zero-order chi connectivity index (χ0) is 9.56. The minimum absolute atomic E-state index is 0.630. The van der Waals surface area contributed by atoms with Crippen molar-refractivity contribution < 1.29 is 0 Å². The van der Waals surface area contributed by atoms with Gasteiger partial charge in [-0.1, -0.05) is 20.8 Å². The van der Waals surface area contributed by atoms with Gasteiger partial charge in [-0.05, 0) is 12.3 Å². The fourth-order valence-corrected chi connectivity index (χ4v) is 0.988. The van der Waals surface area contributed by atoms with Crippen LogP contribution in [0.15, 0.2) is 4.99 Å². The summed E-state index contributed by atoms with van der Waals surface area (Å²) in [6.07, 6.45) is 1.05. The molecule has 0 unspecified atom stereocenters. The first-order chi connectivity index (χ1) is 5.57. The Balaban J connectivity index is 3.82. The van der Waals surface area contributed by atoms with Crippen molar-refractivity contribution >= 4 is 5.96 Å². The van der Waals surface area contributed by atoms with Crippen LogP contribution in [0.5, 0.6) is 0 Å². The highest BCUT2D eigenvalue weighted by Crippen LogP contribution is 1.95. The van der Waals surface area contributed by atoms with Crippen LogP contribution in [0.25, 0.3) is 0 Å². The number of nitrogens with two attached hydrogens (primary N) is 1. The largest absolute Gasteiger partial charge is 0.370 e. The molecule has 12 heavy (non-hydrogen) atoms. The first-order valence-corrected chi connectivity index (χ1v) is 4.59. The van der Waals surface area contributed by atoms with Crippen LogP contribution in [0.2, 0.25) is 0 Å². The lowest BCUT2D eigenvalue weighted by molar-refractivity contribution is 0.420. The van der Waals surface area contributed by atoms with E-state index in [1.165, 1.54) is 0 Å². The third-order valence-electron chi connectivity index (χ3n) is 1.53. The molecule has 0 aliphatic rings. The topological polar surface area (TPSA) is 41.6 Å². The number of hydrogen-bond donors (Lipinski definition) is 1. The molecule has 0 rings (SSSR count). The Morgan fingerprint density at radius 3 is 2.50 bits per heavy atom. The summed E-state index contributed by atoms with van der Waals surface area (Å²) in [4.78, 5) is 6.22. The van der Waals surface area contributed by atoms with Gasteiger partial charge in [-0.15, -0.1) is 0 Å². The number of guanidine groups is 1. The zero-order valence-corrected chi connectivity index (χ0v) is 8.67. The molecule has 0 fully saturated rings. The second kappa shape index (κ2) is 5.86. The van der Waals surface area contributed by atoms with E-state index < -0.39 is 0 Å². The lowest BCUT2D eigenvalue weighted by atomic mass is 10.2. The van der Waals surface area contributed by atoms with E-state index in [-0.39, 0.29) is 0 Å². The molecule has 2 N–H and O–H groups in total. The molecule has 0 aromatic rings. The third kappa shape index (κ3) is 4.99. The van der Waals surface area contributed by atoms with Crippen LogP contribution in [-0.4, -0.2) is 31.0 Å². The molecule has 0 amide bonds. The van der Waals surface area contributed by atoms with E-state index in [2.05, 4.69) is 25.8 Å². The molecule has 0 saturated carbocycles. The van der Waals surface area contributed by atoms with Crippen molar-refractivity contribution in [2.45, 2.75) is 27.2 Å². The van der Waals surface area contributed by atoms with Gasteiger partial charge in [-0.3, -0.25) is 4.99 Å². The minimum atomic E-state index is 0.630. The average molecular weight is 171 g/mol. The molecule has 0 aromatic carbocycles. The molecular weight excluding hydrogens is 150 g/mol. The van der Waals surface area contributed by atoms with Crippen LogP contribution in [0.3, 0.4) is 0 Å². The SMILES string of the molecule is CCCN=C(N)N(C)CC(C)C. The third-order valence-corrected chi connectivity index (χ3v) is 1.53. The quantitative estimate of drug-likeness (QED) is 0.511. The van der Waals surface area contributed by atoms with Crippen LogP contribution in [0.4, 0.5) is 0 Å². The first-order valence-electron chi connectivity index (χ1n) is 4.59. The minimum Gasteiger partial charge on any atom is -0.370 e. The Morgan fingerprint density at radius 2 is 2.08 bits per heavy atom. The summed E-state index contributed by atoms with van der Waals surface area (Å²) >= 11 is 0. The van der Waals surface area contributed by atoms with Crippen LogP contribution >= 0.6 is 0 Å². The van der Waals surface area contributed by atoms with Gasteiger partial charge < -0.3 is 10.6 Å². The van der Waals surface area contributed by atoms with Crippen molar-refractivity contribution in [3.8, 4) is 0 Å².